The van der Waals surface area contributed by atoms with E-state index in [0.717, 1.165) is 29.5 Å². The van der Waals surface area contributed by atoms with E-state index in [9.17, 15) is 29.8 Å². The van der Waals surface area contributed by atoms with E-state index in [1.54, 1.807) is 62.4 Å². The number of allylic oxidation sites excluding steroid dienone is 1. The fourth-order valence-electron chi connectivity index (χ4n) is 4.89. The molecule has 1 aromatic heterocycles. The lowest BCUT2D eigenvalue weighted by Crippen LogP contribution is -2.39. The zero-order chi connectivity index (χ0) is 33.1. The molecule has 0 bridgehead atoms. The van der Waals surface area contributed by atoms with Crippen LogP contribution in [-0.2, 0) is 9.53 Å². The predicted octanol–water partition coefficient (Wildman–Crippen LogP) is 4.42. The van der Waals surface area contributed by atoms with Gasteiger partial charge in [0.25, 0.3) is 11.2 Å². The number of nitro benzene ring substituents is 2. The van der Waals surface area contributed by atoms with E-state index in [-0.39, 0.29) is 29.2 Å². The van der Waals surface area contributed by atoms with Gasteiger partial charge in [-0.1, -0.05) is 29.5 Å². The van der Waals surface area contributed by atoms with Crippen molar-refractivity contribution in [2.45, 2.75) is 19.9 Å². The van der Waals surface area contributed by atoms with Crippen LogP contribution in [0.15, 0.2) is 81.7 Å². The molecule has 0 amide bonds. The van der Waals surface area contributed by atoms with Crippen LogP contribution in [0.25, 0.3) is 6.08 Å². The van der Waals surface area contributed by atoms with Crippen molar-refractivity contribution < 1.29 is 33.6 Å². The number of thiazole rings is 1. The number of methoxy groups -OCH3 is 2. The molecule has 0 fully saturated rings. The fraction of sp³-hybridized carbons (Fsp3) is 0.194. The van der Waals surface area contributed by atoms with Gasteiger partial charge in [0.05, 0.1) is 58.6 Å². The van der Waals surface area contributed by atoms with Crippen molar-refractivity contribution in [3.63, 3.8) is 0 Å². The molecule has 0 saturated heterocycles. The molecule has 5 rings (SSSR count). The molecule has 1 aliphatic heterocycles. The third kappa shape index (κ3) is 6.08. The molecule has 4 aromatic rings. The normalized spacial score (nSPS) is 14.3. The van der Waals surface area contributed by atoms with Crippen LogP contribution in [0.1, 0.15) is 31.0 Å². The Labute approximate surface area is 264 Å². The second kappa shape index (κ2) is 13.0. The summed E-state index contributed by atoms with van der Waals surface area (Å²) >= 11 is 1.14. The van der Waals surface area contributed by atoms with Crippen molar-refractivity contribution in [2.24, 2.45) is 4.99 Å². The number of esters is 1. The first-order valence-corrected chi connectivity index (χ1v) is 14.5. The quantitative estimate of drug-likeness (QED) is 0.136. The Bertz CT molecular complexity index is 2080. The summed E-state index contributed by atoms with van der Waals surface area (Å²) in [6, 6.07) is 13.8. The van der Waals surface area contributed by atoms with Crippen molar-refractivity contribution in [1.29, 1.82) is 0 Å². The lowest BCUT2D eigenvalue weighted by molar-refractivity contribution is -0.394. The van der Waals surface area contributed by atoms with Crippen molar-refractivity contribution in [1.82, 2.24) is 4.57 Å². The molecule has 2 heterocycles. The molecule has 0 aliphatic carbocycles. The van der Waals surface area contributed by atoms with E-state index < -0.39 is 33.2 Å². The lowest BCUT2D eigenvalue weighted by Gasteiger charge is -2.25. The number of nitro groups is 2. The van der Waals surface area contributed by atoms with Crippen LogP contribution in [0.3, 0.4) is 0 Å². The highest BCUT2D eigenvalue weighted by atomic mass is 32.1. The number of hydrogen-bond acceptors (Lipinski definition) is 12. The number of ether oxygens (including phenoxy) is 4. The molecule has 236 valence electrons. The lowest BCUT2D eigenvalue weighted by atomic mass is 9.95. The average molecular weight is 647 g/mol. The maximum Gasteiger partial charge on any atom is 0.338 e. The summed E-state index contributed by atoms with van der Waals surface area (Å²) in [5.74, 6) is 0.369. The van der Waals surface area contributed by atoms with E-state index in [2.05, 4.69) is 4.99 Å². The molecule has 15 heteroatoms. The van der Waals surface area contributed by atoms with Gasteiger partial charge in [-0.2, -0.15) is 0 Å². The highest BCUT2D eigenvalue weighted by Gasteiger charge is 2.34. The summed E-state index contributed by atoms with van der Waals surface area (Å²) in [6.45, 7) is 3.51. The first-order valence-electron chi connectivity index (χ1n) is 13.7. The maximum absolute atomic E-state index is 13.9. The summed E-state index contributed by atoms with van der Waals surface area (Å²) in [5.41, 5.74) is 0.446. The minimum absolute atomic E-state index is 0.135. The topological polar surface area (TPSA) is 175 Å². The Kier molecular flexibility index (Phi) is 8.95. The van der Waals surface area contributed by atoms with Crippen molar-refractivity contribution >= 4 is 34.8 Å². The Morgan fingerprint density at radius 1 is 0.978 bits per heavy atom. The Morgan fingerprint density at radius 3 is 2.30 bits per heavy atom. The van der Waals surface area contributed by atoms with Gasteiger partial charge in [-0.3, -0.25) is 29.6 Å². The smallest absolute Gasteiger partial charge is 0.338 e. The van der Waals surface area contributed by atoms with Crippen molar-refractivity contribution in [3.8, 4) is 23.0 Å². The van der Waals surface area contributed by atoms with Crippen molar-refractivity contribution in [2.75, 3.05) is 20.8 Å². The van der Waals surface area contributed by atoms with Gasteiger partial charge in [-0.15, -0.1) is 0 Å². The number of nitrogens with zero attached hydrogens (tertiary/aromatic N) is 4. The highest BCUT2D eigenvalue weighted by molar-refractivity contribution is 7.07. The van der Waals surface area contributed by atoms with E-state index in [1.165, 1.54) is 18.8 Å². The van der Waals surface area contributed by atoms with Crippen LogP contribution < -0.4 is 29.1 Å². The van der Waals surface area contributed by atoms with Crippen LogP contribution in [0.4, 0.5) is 11.4 Å². The van der Waals surface area contributed by atoms with Gasteiger partial charge >= 0.3 is 11.7 Å². The summed E-state index contributed by atoms with van der Waals surface area (Å²) < 4.78 is 23.6. The summed E-state index contributed by atoms with van der Waals surface area (Å²) in [7, 11) is 3.00. The molecule has 14 nitrogen and oxygen atoms in total. The van der Waals surface area contributed by atoms with E-state index >= 15 is 0 Å². The van der Waals surface area contributed by atoms with E-state index in [1.807, 2.05) is 0 Å². The maximum atomic E-state index is 13.9. The molecule has 0 N–H and O–H groups in total. The summed E-state index contributed by atoms with van der Waals surface area (Å²) in [5, 5.41) is 22.5. The van der Waals surface area contributed by atoms with Crippen LogP contribution in [0.5, 0.6) is 23.0 Å². The number of fused-ring (bicyclic) bond motifs is 1. The zero-order valence-corrected chi connectivity index (χ0v) is 25.7. The molecule has 0 unspecified atom stereocenters. The van der Waals surface area contributed by atoms with Crippen LogP contribution in [0.2, 0.25) is 0 Å². The molecule has 1 aliphatic rings. The monoisotopic (exact) mass is 646 g/mol. The SMILES string of the molecule is CCOC(=O)C1=C(C)N=c2s/c(=C\c3ccc(Oc4ccc([N+](=O)[O-])cc4[N+](=O)[O-])cc3)c(=O)n2[C@@H]1c1ccc(OC)c(OC)c1. The summed E-state index contributed by atoms with van der Waals surface area (Å²) in [4.78, 5) is 53.0. The first-order chi connectivity index (χ1) is 22.1. The van der Waals surface area contributed by atoms with Gasteiger partial charge in [0, 0.05) is 6.07 Å². The van der Waals surface area contributed by atoms with Gasteiger partial charge in [-0.05, 0) is 61.4 Å². The van der Waals surface area contributed by atoms with Crippen molar-refractivity contribution in [3.05, 3.63) is 123 Å². The van der Waals surface area contributed by atoms with E-state index in [4.69, 9.17) is 18.9 Å². The molecular formula is C31H26N4O10S. The van der Waals surface area contributed by atoms with E-state index in [0.29, 0.717) is 37.7 Å². The number of hydrogen-bond donors (Lipinski definition) is 0. The fourth-order valence-corrected chi connectivity index (χ4v) is 5.94. The van der Waals surface area contributed by atoms with Gasteiger partial charge in [0.15, 0.2) is 16.3 Å². The number of rotatable bonds is 10. The van der Waals surface area contributed by atoms with Crippen LogP contribution in [-0.4, -0.2) is 41.2 Å². The zero-order valence-electron chi connectivity index (χ0n) is 24.9. The number of benzene rings is 3. The predicted molar refractivity (Wildman–Crippen MR) is 166 cm³/mol. The molecule has 1 atom stereocenters. The highest BCUT2D eigenvalue weighted by Crippen LogP contribution is 2.37. The van der Waals surface area contributed by atoms with Crippen LogP contribution >= 0.6 is 11.3 Å². The molecule has 0 radical (unpaired) electrons. The number of carbonyl (C=O) groups is 1. The molecule has 0 spiro atoms. The second-order valence-electron chi connectivity index (χ2n) is 9.75. The molecule has 0 saturated carbocycles. The number of aromatic nitrogens is 1. The summed E-state index contributed by atoms with van der Waals surface area (Å²) in [6.07, 6.45) is 1.65. The van der Waals surface area contributed by atoms with Gasteiger partial charge in [0.1, 0.15) is 5.75 Å². The Hall–Kier alpha value is -5.83. The molecule has 3 aromatic carbocycles. The third-order valence-electron chi connectivity index (χ3n) is 7.00. The minimum atomic E-state index is -0.856. The van der Waals surface area contributed by atoms with Gasteiger partial charge in [0.2, 0.25) is 5.75 Å². The first kappa shape index (κ1) is 31.6. The molecule has 46 heavy (non-hydrogen) atoms. The second-order valence-corrected chi connectivity index (χ2v) is 10.8. The van der Waals surface area contributed by atoms with Crippen LogP contribution in [0, 0.1) is 20.2 Å². The number of non-ortho nitro benzene ring substituents is 1. The van der Waals surface area contributed by atoms with Gasteiger partial charge in [-0.25, -0.2) is 9.79 Å². The Balaban J connectivity index is 1.54. The minimum Gasteiger partial charge on any atom is -0.493 e. The largest absolute Gasteiger partial charge is 0.493 e. The third-order valence-corrected chi connectivity index (χ3v) is 7.98. The average Bonchev–Trinajstić information content (AvgIpc) is 3.34. The Morgan fingerprint density at radius 2 is 1.67 bits per heavy atom. The molecular weight excluding hydrogens is 620 g/mol. The standard InChI is InChI=1S/C31H26N4O10S/c1-5-44-30(37)27-17(2)32-31-33(28(27)19-8-12-24(42-3)25(15-19)43-4)29(36)26(46-31)14-18-6-10-21(11-7-18)45-23-13-9-20(34(38)39)16-22(23)35(40)41/h6-16,28H,5H2,1-4H3/b26-14-/t28-/m1/s1. The number of carbonyl (C=O) groups excluding carboxylic acids is 1. The van der Waals surface area contributed by atoms with Gasteiger partial charge < -0.3 is 18.9 Å².